The van der Waals surface area contributed by atoms with Gasteiger partial charge in [0.25, 0.3) is 0 Å². The molecule has 1 aromatic heterocycles. The summed E-state index contributed by atoms with van der Waals surface area (Å²) in [7, 11) is -3.59. The van der Waals surface area contributed by atoms with Gasteiger partial charge >= 0.3 is 0 Å². The maximum Gasteiger partial charge on any atom is 0.240 e. The number of H-pyrrole nitrogens is 1. The molecule has 0 aliphatic rings. The average Bonchev–Trinajstić information content (AvgIpc) is 3.08. The Kier molecular flexibility index (Phi) is 4.42. The Morgan fingerprint density at radius 2 is 1.91 bits per heavy atom. The largest absolute Gasteiger partial charge is 0.259 e. The van der Waals surface area contributed by atoms with Crippen LogP contribution in [0.5, 0.6) is 0 Å². The fourth-order valence-electron chi connectivity index (χ4n) is 2.05. The van der Waals surface area contributed by atoms with Gasteiger partial charge in [0.2, 0.25) is 10.0 Å². The summed E-state index contributed by atoms with van der Waals surface area (Å²) in [5, 5.41) is 7.06. The second-order valence-corrected chi connectivity index (χ2v) is 7.02. The van der Waals surface area contributed by atoms with Gasteiger partial charge in [-0.05, 0) is 35.9 Å². The lowest BCUT2D eigenvalue weighted by molar-refractivity contribution is 0.581. The Balaban J connectivity index is 1.75. The molecule has 3 aromatic rings. The van der Waals surface area contributed by atoms with E-state index >= 15 is 0 Å². The Morgan fingerprint density at radius 3 is 2.61 bits per heavy atom. The number of halogens is 1. The zero-order chi connectivity index (χ0) is 16.3. The topological polar surface area (TPSA) is 87.7 Å². The molecule has 0 amide bonds. The Hall–Kier alpha value is -2.22. The maximum absolute atomic E-state index is 12.2. The number of nitrogens with one attached hydrogen (secondary N) is 2. The molecule has 0 radical (unpaired) electrons. The molecular weight excluding hydrogens is 336 g/mol. The van der Waals surface area contributed by atoms with Crippen LogP contribution in [-0.4, -0.2) is 23.6 Å². The molecule has 0 atom stereocenters. The number of aromatic nitrogens is 3. The summed E-state index contributed by atoms with van der Waals surface area (Å²) in [6.45, 7) is 0.174. The zero-order valence-corrected chi connectivity index (χ0v) is 13.5. The third-order valence-corrected chi connectivity index (χ3v) is 4.87. The van der Waals surface area contributed by atoms with Crippen LogP contribution in [0.3, 0.4) is 0 Å². The van der Waals surface area contributed by atoms with Gasteiger partial charge in [-0.2, -0.15) is 5.10 Å². The number of nitrogens with zero attached hydrogens (tertiary/aromatic N) is 2. The molecular formula is C15H13ClN4O2S. The van der Waals surface area contributed by atoms with Crippen molar-refractivity contribution in [1.82, 2.24) is 19.9 Å². The van der Waals surface area contributed by atoms with Crippen molar-refractivity contribution >= 4 is 21.6 Å². The van der Waals surface area contributed by atoms with Gasteiger partial charge < -0.3 is 0 Å². The van der Waals surface area contributed by atoms with E-state index in [1.54, 1.807) is 12.1 Å². The van der Waals surface area contributed by atoms with Gasteiger partial charge in [-0.3, -0.25) is 5.10 Å². The van der Waals surface area contributed by atoms with Gasteiger partial charge in [0.05, 0.1) is 4.90 Å². The molecule has 0 unspecified atom stereocenters. The monoisotopic (exact) mass is 348 g/mol. The Bertz CT molecular complexity index is 893. The van der Waals surface area contributed by atoms with Crippen molar-refractivity contribution in [2.45, 2.75) is 11.4 Å². The fraction of sp³-hybridized carbons (Fsp3) is 0.0667. The summed E-state index contributed by atoms with van der Waals surface area (Å²) in [5.41, 5.74) is 1.65. The van der Waals surface area contributed by atoms with Gasteiger partial charge in [0, 0.05) is 17.1 Å². The molecule has 2 aromatic carbocycles. The molecule has 8 heteroatoms. The van der Waals surface area contributed by atoms with Crippen LogP contribution < -0.4 is 4.72 Å². The zero-order valence-electron chi connectivity index (χ0n) is 11.9. The molecule has 0 saturated heterocycles. The first-order valence-corrected chi connectivity index (χ1v) is 8.61. The first-order chi connectivity index (χ1) is 11.0. The first-order valence-electron chi connectivity index (χ1n) is 6.74. The second kappa shape index (κ2) is 6.49. The smallest absolute Gasteiger partial charge is 0.240 e. The van der Waals surface area contributed by atoms with E-state index in [0.29, 0.717) is 10.8 Å². The minimum atomic E-state index is -3.59. The lowest BCUT2D eigenvalue weighted by Crippen LogP contribution is -2.23. The molecule has 23 heavy (non-hydrogen) atoms. The van der Waals surface area contributed by atoms with Gasteiger partial charge in [-0.15, -0.1) is 0 Å². The number of hydrogen-bond acceptors (Lipinski definition) is 4. The summed E-state index contributed by atoms with van der Waals surface area (Å²) < 4.78 is 27.1. The number of rotatable bonds is 5. The summed E-state index contributed by atoms with van der Waals surface area (Å²) in [5.74, 6) is 0.632. The summed E-state index contributed by atoms with van der Waals surface area (Å²) in [6.07, 6.45) is 1.42. The Labute approximate surface area is 138 Å². The normalized spacial score (nSPS) is 11.5. The van der Waals surface area contributed by atoms with Crippen molar-refractivity contribution in [2.24, 2.45) is 0 Å². The molecule has 2 N–H and O–H groups in total. The van der Waals surface area contributed by atoms with Crippen LogP contribution in [0.25, 0.3) is 11.4 Å². The van der Waals surface area contributed by atoms with Crippen molar-refractivity contribution in [1.29, 1.82) is 0 Å². The maximum atomic E-state index is 12.2. The van der Waals surface area contributed by atoms with Crippen molar-refractivity contribution in [3.8, 4) is 11.4 Å². The van der Waals surface area contributed by atoms with E-state index < -0.39 is 10.0 Å². The fourth-order valence-corrected chi connectivity index (χ4v) is 3.19. The highest BCUT2D eigenvalue weighted by Crippen LogP contribution is 2.17. The molecule has 118 valence electrons. The second-order valence-electron chi connectivity index (χ2n) is 4.81. The highest BCUT2D eigenvalue weighted by atomic mass is 35.5. The van der Waals surface area contributed by atoms with Crippen molar-refractivity contribution in [3.63, 3.8) is 0 Å². The number of hydrogen-bond donors (Lipinski definition) is 2. The number of sulfonamides is 1. The summed E-state index contributed by atoms with van der Waals surface area (Å²) in [4.78, 5) is 4.25. The molecule has 0 aliphatic carbocycles. The van der Waals surface area contributed by atoms with Gasteiger partial charge in [-0.25, -0.2) is 18.1 Å². The quantitative estimate of drug-likeness (QED) is 0.741. The molecule has 0 aliphatic heterocycles. The van der Waals surface area contributed by atoms with E-state index in [2.05, 4.69) is 19.9 Å². The van der Waals surface area contributed by atoms with Crippen LogP contribution in [0.15, 0.2) is 59.8 Å². The lowest BCUT2D eigenvalue weighted by Gasteiger charge is -2.08. The van der Waals surface area contributed by atoms with Crippen LogP contribution in [0.1, 0.15) is 5.56 Å². The standard InChI is InChI=1S/C15H13ClN4O2S/c16-13-4-6-14(7-5-13)23(21,22)19-9-11-2-1-3-12(8-11)15-17-10-18-20-15/h1-8,10,19H,9H2,(H,17,18,20). The van der Waals surface area contributed by atoms with E-state index in [9.17, 15) is 8.42 Å². The van der Waals surface area contributed by atoms with Crippen LogP contribution in [0.2, 0.25) is 5.02 Å². The predicted molar refractivity (Wildman–Crippen MR) is 87.3 cm³/mol. The predicted octanol–water partition coefficient (Wildman–Crippen LogP) is 2.60. The first kappa shape index (κ1) is 15.7. The van der Waals surface area contributed by atoms with Gasteiger partial charge in [0.15, 0.2) is 5.82 Å². The van der Waals surface area contributed by atoms with E-state index in [4.69, 9.17) is 11.6 Å². The third-order valence-electron chi connectivity index (χ3n) is 3.21. The Morgan fingerprint density at radius 1 is 1.13 bits per heavy atom. The highest BCUT2D eigenvalue weighted by Gasteiger charge is 2.13. The van der Waals surface area contributed by atoms with Gasteiger partial charge in [0.1, 0.15) is 6.33 Å². The highest BCUT2D eigenvalue weighted by molar-refractivity contribution is 7.89. The van der Waals surface area contributed by atoms with Crippen LogP contribution in [0, 0.1) is 0 Å². The van der Waals surface area contributed by atoms with E-state index in [0.717, 1.165) is 11.1 Å². The van der Waals surface area contributed by atoms with Gasteiger partial charge in [-0.1, -0.05) is 29.8 Å². The third kappa shape index (κ3) is 3.76. The van der Waals surface area contributed by atoms with Crippen LogP contribution in [-0.2, 0) is 16.6 Å². The minimum Gasteiger partial charge on any atom is -0.259 e. The number of aromatic amines is 1. The van der Waals surface area contributed by atoms with Crippen molar-refractivity contribution in [3.05, 3.63) is 65.4 Å². The molecule has 0 bridgehead atoms. The van der Waals surface area contributed by atoms with E-state index in [1.807, 2.05) is 24.3 Å². The van der Waals surface area contributed by atoms with Crippen molar-refractivity contribution < 1.29 is 8.42 Å². The average molecular weight is 349 g/mol. The van der Waals surface area contributed by atoms with E-state index in [1.165, 1.54) is 18.5 Å². The van der Waals surface area contributed by atoms with Crippen LogP contribution in [0.4, 0.5) is 0 Å². The molecule has 3 rings (SSSR count). The lowest BCUT2D eigenvalue weighted by atomic mass is 10.1. The molecule has 0 saturated carbocycles. The van der Waals surface area contributed by atoms with Crippen molar-refractivity contribution in [2.75, 3.05) is 0 Å². The molecule has 6 nitrogen and oxygen atoms in total. The summed E-state index contributed by atoms with van der Waals surface area (Å²) in [6, 6.07) is 13.4. The molecule has 0 spiro atoms. The summed E-state index contributed by atoms with van der Waals surface area (Å²) >= 11 is 5.77. The van der Waals surface area contributed by atoms with Crippen LogP contribution >= 0.6 is 11.6 Å². The molecule has 1 heterocycles. The SMILES string of the molecule is O=S(=O)(NCc1cccc(-c2ncn[nH]2)c1)c1ccc(Cl)cc1. The molecule has 0 fully saturated rings. The minimum absolute atomic E-state index is 0.174. The number of benzene rings is 2. The van der Waals surface area contributed by atoms with E-state index in [-0.39, 0.29) is 11.4 Å².